The fourth-order valence-corrected chi connectivity index (χ4v) is 5.78. The fourth-order valence-electron chi connectivity index (χ4n) is 3.99. The number of nitrogens with zero attached hydrogens (tertiary/aromatic N) is 3. The van der Waals surface area contributed by atoms with Crippen molar-refractivity contribution in [2.75, 3.05) is 17.3 Å². The van der Waals surface area contributed by atoms with Crippen molar-refractivity contribution in [3.63, 3.8) is 0 Å². The summed E-state index contributed by atoms with van der Waals surface area (Å²) in [5.41, 5.74) is 6.02. The third-order valence-corrected chi connectivity index (χ3v) is 8.03. The van der Waals surface area contributed by atoms with Gasteiger partial charge in [-0.05, 0) is 73.6 Å². The Hall–Kier alpha value is -4.74. The molecule has 0 radical (unpaired) electrons. The van der Waals surface area contributed by atoms with Crippen LogP contribution in [0.2, 0.25) is 0 Å². The molecule has 1 aromatic heterocycles. The number of ether oxygens (including phenoxy) is 1. The van der Waals surface area contributed by atoms with Gasteiger partial charge in [-0.25, -0.2) is 10.4 Å². The number of amides is 3. The molecule has 206 valence electrons. The molecule has 1 aliphatic heterocycles. The van der Waals surface area contributed by atoms with E-state index in [9.17, 15) is 14.4 Å². The summed E-state index contributed by atoms with van der Waals surface area (Å²) in [6.45, 7) is 3.66. The molecule has 3 aromatic carbocycles. The van der Waals surface area contributed by atoms with E-state index in [1.54, 1.807) is 50.4 Å². The Bertz CT molecular complexity index is 1680. The molecule has 1 fully saturated rings. The number of aryl methyl sites for hydroxylation is 2. The maximum Gasteiger partial charge on any atom is 0.283 e. The monoisotopic (exact) mass is 583 g/mol. The van der Waals surface area contributed by atoms with E-state index in [4.69, 9.17) is 4.74 Å². The van der Waals surface area contributed by atoms with Gasteiger partial charge < -0.3 is 4.74 Å². The number of thioether (sulfide) groups is 1. The molecule has 5 rings (SSSR count). The van der Waals surface area contributed by atoms with E-state index in [-0.39, 0.29) is 21.8 Å². The molecular weight excluding hydrogens is 558 g/mol. The first-order chi connectivity index (χ1) is 19.8. The number of hydrogen-bond acceptors (Lipinski definition) is 8. The lowest BCUT2D eigenvalue weighted by Crippen LogP contribution is -2.31. The van der Waals surface area contributed by atoms with Crippen molar-refractivity contribution < 1.29 is 19.1 Å². The Morgan fingerprint density at radius 1 is 0.976 bits per heavy atom. The number of aromatic nitrogens is 1. The minimum atomic E-state index is -0.505. The van der Waals surface area contributed by atoms with Gasteiger partial charge in [0.1, 0.15) is 10.6 Å². The van der Waals surface area contributed by atoms with Crippen molar-refractivity contribution in [1.29, 1.82) is 0 Å². The van der Waals surface area contributed by atoms with Crippen LogP contribution in [-0.2, 0) is 4.79 Å². The van der Waals surface area contributed by atoms with Gasteiger partial charge >= 0.3 is 0 Å². The summed E-state index contributed by atoms with van der Waals surface area (Å²) in [6, 6.07) is 23.6. The standard InChI is InChI=1S/C30H25N5O4S2/c1-18-8-7-9-20(16-18)17-24-28(38)35(22-10-5-4-6-11-22)30(40-24)34-33-27(37)25-19(2)31-29(41-25)32-26(36)21-12-14-23(39-3)15-13-21/h4-17H,1-3H3,(H,33,37)(H,31,32,36)/b24-17+,34-30+. The molecule has 9 nitrogen and oxygen atoms in total. The number of hydrazone groups is 1. The highest BCUT2D eigenvalue weighted by Crippen LogP contribution is 2.36. The summed E-state index contributed by atoms with van der Waals surface area (Å²) in [5.74, 6) is -0.471. The third kappa shape index (κ3) is 6.37. The number of nitrogens with one attached hydrogen (secondary N) is 2. The van der Waals surface area contributed by atoms with Crippen LogP contribution < -0.4 is 20.4 Å². The zero-order chi connectivity index (χ0) is 28.9. The molecule has 2 N–H and O–H groups in total. The van der Waals surface area contributed by atoms with Crippen LogP contribution in [0.1, 0.15) is 36.9 Å². The minimum Gasteiger partial charge on any atom is -0.497 e. The number of rotatable bonds is 7. The second-order valence-corrected chi connectivity index (χ2v) is 11.0. The number of hydrogen-bond donors (Lipinski definition) is 2. The van der Waals surface area contributed by atoms with E-state index in [1.165, 1.54) is 16.7 Å². The number of amidine groups is 1. The van der Waals surface area contributed by atoms with Crippen molar-refractivity contribution in [2.45, 2.75) is 13.8 Å². The molecule has 0 saturated carbocycles. The summed E-state index contributed by atoms with van der Waals surface area (Å²) in [7, 11) is 1.55. The highest BCUT2D eigenvalue weighted by molar-refractivity contribution is 8.19. The van der Waals surface area contributed by atoms with E-state index in [0.717, 1.165) is 22.5 Å². The average Bonchev–Trinajstić information content (AvgIpc) is 3.50. The predicted octanol–water partition coefficient (Wildman–Crippen LogP) is 5.84. The molecule has 0 spiro atoms. The van der Waals surface area contributed by atoms with Gasteiger partial charge in [-0.2, -0.15) is 0 Å². The Kier molecular flexibility index (Phi) is 8.27. The number of thiazole rings is 1. The highest BCUT2D eigenvalue weighted by atomic mass is 32.2. The molecule has 0 bridgehead atoms. The molecule has 41 heavy (non-hydrogen) atoms. The largest absolute Gasteiger partial charge is 0.497 e. The van der Waals surface area contributed by atoms with Crippen LogP contribution in [0, 0.1) is 13.8 Å². The number of carbonyl (C=O) groups excluding carboxylic acids is 3. The van der Waals surface area contributed by atoms with Crippen molar-refractivity contribution in [3.8, 4) is 5.75 Å². The van der Waals surface area contributed by atoms with Gasteiger partial charge in [0.15, 0.2) is 10.3 Å². The van der Waals surface area contributed by atoms with Crippen molar-refractivity contribution in [3.05, 3.63) is 111 Å². The third-order valence-electron chi connectivity index (χ3n) is 5.99. The average molecular weight is 584 g/mol. The zero-order valence-electron chi connectivity index (χ0n) is 22.4. The summed E-state index contributed by atoms with van der Waals surface area (Å²) >= 11 is 2.21. The quantitative estimate of drug-likeness (QED) is 0.209. The molecule has 1 aliphatic rings. The first-order valence-corrected chi connectivity index (χ1v) is 14.1. The molecule has 1 saturated heterocycles. The lowest BCUT2D eigenvalue weighted by Gasteiger charge is -2.15. The number of carbonyl (C=O) groups is 3. The highest BCUT2D eigenvalue weighted by Gasteiger charge is 2.35. The number of benzene rings is 3. The maximum atomic E-state index is 13.4. The van der Waals surface area contributed by atoms with E-state index in [1.807, 2.05) is 55.5 Å². The summed E-state index contributed by atoms with van der Waals surface area (Å²) in [6.07, 6.45) is 1.81. The molecule has 4 aromatic rings. The molecule has 3 amide bonds. The molecular formula is C30H25N5O4S2. The van der Waals surface area contributed by atoms with Crippen LogP contribution in [0.4, 0.5) is 10.8 Å². The van der Waals surface area contributed by atoms with Gasteiger partial charge in [-0.1, -0.05) is 59.4 Å². The maximum absolute atomic E-state index is 13.4. The fraction of sp³-hybridized carbons (Fsp3) is 0.100. The normalized spacial score (nSPS) is 14.9. The summed E-state index contributed by atoms with van der Waals surface area (Å²) in [5, 5.41) is 7.63. The Morgan fingerprint density at radius 2 is 1.73 bits per heavy atom. The first kappa shape index (κ1) is 27.8. The van der Waals surface area contributed by atoms with E-state index in [2.05, 4.69) is 20.8 Å². The van der Waals surface area contributed by atoms with Crippen LogP contribution in [-0.4, -0.2) is 35.0 Å². The van der Waals surface area contributed by atoms with Crippen LogP contribution in [0.15, 0.2) is 88.9 Å². The SMILES string of the molecule is COc1ccc(C(=O)Nc2nc(C)c(C(=O)N/N=C3/S/C(=C/c4cccc(C)c4)C(=O)N3c3ccccc3)s2)cc1. The molecule has 0 atom stereocenters. The van der Waals surface area contributed by atoms with Crippen LogP contribution >= 0.6 is 23.1 Å². The first-order valence-electron chi connectivity index (χ1n) is 12.5. The zero-order valence-corrected chi connectivity index (χ0v) is 24.0. The number of methoxy groups -OCH3 is 1. The molecule has 2 heterocycles. The Balaban J connectivity index is 1.35. The van der Waals surface area contributed by atoms with E-state index in [0.29, 0.717) is 32.8 Å². The second-order valence-electron chi connectivity index (χ2n) is 8.95. The van der Waals surface area contributed by atoms with Crippen molar-refractivity contribution in [1.82, 2.24) is 10.4 Å². The van der Waals surface area contributed by atoms with Crippen LogP contribution in [0.25, 0.3) is 6.08 Å². The van der Waals surface area contributed by atoms with Crippen LogP contribution in [0.3, 0.4) is 0 Å². The topological polar surface area (TPSA) is 113 Å². The number of anilines is 2. The second kappa shape index (κ2) is 12.2. The summed E-state index contributed by atoms with van der Waals surface area (Å²) in [4.78, 5) is 45.7. The van der Waals surface area contributed by atoms with Crippen molar-refractivity contribution in [2.24, 2.45) is 5.10 Å². The molecule has 0 aliphatic carbocycles. The van der Waals surface area contributed by atoms with E-state index >= 15 is 0 Å². The van der Waals surface area contributed by atoms with Crippen LogP contribution in [0.5, 0.6) is 5.75 Å². The lowest BCUT2D eigenvalue weighted by molar-refractivity contribution is -0.113. The van der Waals surface area contributed by atoms with Gasteiger partial charge in [0.05, 0.1) is 23.4 Å². The molecule has 11 heteroatoms. The van der Waals surface area contributed by atoms with Gasteiger partial charge in [-0.15, -0.1) is 5.10 Å². The number of para-hydroxylation sites is 1. The Labute approximate surface area is 244 Å². The predicted molar refractivity (Wildman–Crippen MR) is 163 cm³/mol. The smallest absolute Gasteiger partial charge is 0.283 e. The van der Waals surface area contributed by atoms with E-state index < -0.39 is 5.91 Å². The van der Waals surface area contributed by atoms with Gasteiger partial charge in [0, 0.05) is 5.56 Å². The van der Waals surface area contributed by atoms with Gasteiger partial charge in [-0.3, -0.25) is 24.6 Å². The Morgan fingerprint density at radius 3 is 2.44 bits per heavy atom. The van der Waals surface area contributed by atoms with Gasteiger partial charge in [0.25, 0.3) is 17.7 Å². The minimum absolute atomic E-state index is 0.242. The lowest BCUT2D eigenvalue weighted by atomic mass is 10.1. The van der Waals surface area contributed by atoms with Crippen molar-refractivity contribution >= 4 is 62.9 Å². The summed E-state index contributed by atoms with van der Waals surface area (Å²) < 4.78 is 5.12. The van der Waals surface area contributed by atoms with Gasteiger partial charge in [0.2, 0.25) is 0 Å². The molecule has 0 unspecified atom stereocenters.